The van der Waals surface area contributed by atoms with E-state index in [4.69, 9.17) is 0 Å². The monoisotopic (exact) mass is 362 g/mol. The van der Waals surface area contributed by atoms with Crippen LogP contribution < -0.4 is 5.56 Å². The van der Waals surface area contributed by atoms with E-state index in [0.29, 0.717) is 25.9 Å². The number of benzene rings is 1. The van der Waals surface area contributed by atoms with Gasteiger partial charge in [-0.25, -0.2) is 0 Å². The van der Waals surface area contributed by atoms with Gasteiger partial charge in [0.25, 0.3) is 11.5 Å². The lowest BCUT2D eigenvalue weighted by atomic mass is 10.0. The number of aromatic nitrogens is 3. The van der Waals surface area contributed by atoms with Crippen molar-refractivity contribution in [2.24, 2.45) is 7.05 Å². The Morgan fingerprint density at radius 2 is 1.81 bits per heavy atom. The van der Waals surface area contributed by atoms with Gasteiger partial charge >= 0.3 is 0 Å². The summed E-state index contributed by atoms with van der Waals surface area (Å²) in [6, 6.07) is 13.5. The second kappa shape index (κ2) is 6.87. The number of hydrogen-bond acceptors (Lipinski definition) is 3. The molecule has 138 valence electrons. The third-order valence-corrected chi connectivity index (χ3v) is 5.34. The Balaban J connectivity index is 1.59. The summed E-state index contributed by atoms with van der Waals surface area (Å²) in [5.41, 5.74) is 5.08. The Bertz CT molecular complexity index is 1050. The van der Waals surface area contributed by atoms with E-state index in [-0.39, 0.29) is 17.0 Å². The number of fused-ring (bicyclic) bond motifs is 1. The van der Waals surface area contributed by atoms with Gasteiger partial charge in [0.1, 0.15) is 5.56 Å². The Morgan fingerprint density at radius 3 is 2.59 bits per heavy atom. The maximum absolute atomic E-state index is 13.0. The fourth-order valence-electron chi connectivity index (χ4n) is 3.58. The lowest BCUT2D eigenvalue weighted by Gasteiger charge is -2.20. The van der Waals surface area contributed by atoms with E-state index in [2.05, 4.69) is 10.2 Å². The first kappa shape index (κ1) is 17.3. The summed E-state index contributed by atoms with van der Waals surface area (Å²) in [5.74, 6) is -0.199. The van der Waals surface area contributed by atoms with Gasteiger partial charge in [-0.3, -0.25) is 14.7 Å². The minimum Gasteiger partial charge on any atom is -0.338 e. The summed E-state index contributed by atoms with van der Waals surface area (Å²) in [5, 5.41) is 7.63. The van der Waals surface area contributed by atoms with Crippen molar-refractivity contribution < 1.29 is 4.79 Å². The molecule has 1 N–H and O–H groups in total. The molecule has 0 aliphatic carbocycles. The van der Waals surface area contributed by atoms with Crippen LogP contribution in [0.4, 0.5) is 0 Å². The number of nitrogens with one attached hydrogen (secondary N) is 1. The molecule has 1 aliphatic rings. The molecule has 0 saturated heterocycles. The predicted molar refractivity (Wildman–Crippen MR) is 104 cm³/mol. The molecule has 27 heavy (non-hydrogen) atoms. The highest BCUT2D eigenvalue weighted by atomic mass is 16.2. The maximum atomic E-state index is 13.0. The van der Waals surface area contributed by atoms with Crippen LogP contribution in [-0.4, -0.2) is 38.7 Å². The number of aromatic amines is 1. The van der Waals surface area contributed by atoms with Crippen LogP contribution in [0.25, 0.3) is 11.3 Å². The molecule has 4 rings (SSSR count). The molecule has 6 heteroatoms. The molecular formula is C21H22N4O2. The third-order valence-electron chi connectivity index (χ3n) is 5.34. The summed E-state index contributed by atoms with van der Waals surface area (Å²) in [7, 11) is 1.69. The molecular weight excluding hydrogens is 340 g/mol. The molecule has 0 saturated carbocycles. The molecule has 3 heterocycles. The van der Waals surface area contributed by atoms with E-state index in [0.717, 1.165) is 28.2 Å². The maximum Gasteiger partial charge on any atom is 0.263 e. The van der Waals surface area contributed by atoms with Crippen LogP contribution in [0.3, 0.4) is 0 Å². The van der Waals surface area contributed by atoms with Gasteiger partial charge in [-0.1, -0.05) is 30.3 Å². The quantitative estimate of drug-likeness (QED) is 0.761. The van der Waals surface area contributed by atoms with Crippen LogP contribution in [-0.2, 0) is 19.9 Å². The lowest BCUT2D eigenvalue weighted by molar-refractivity contribution is 0.0760. The van der Waals surface area contributed by atoms with Gasteiger partial charge in [0.15, 0.2) is 0 Å². The molecule has 1 amide bonds. The van der Waals surface area contributed by atoms with Crippen LogP contribution in [0, 0.1) is 6.92 Å². The Kier molecular flexibility index (Phi) is 4.39. The second-order valence-electron chi connectivity index (χ2n) is 6.94. The number of hydrogen-bond donors (Lipinski definition) is 1. The van der Waals surface area contributed by atoms with Gasteiger partial charge in [0, 0.05) is 49.1 Å². The SMILES string of the molecule is Cc1ccc(C(=O)N2CCc3[nH]nc(-c4ccccc4)c3CC2)c(=O)n1C. The van der Waals surface area contributed by atoms with Crippen molar-refractivity contribution in [1.29, 1.82) is 0 Å². The van der Waals surface area contributed by atoms with E-state index in [1.165, 1.54) is 4.57 Å². The highest BCUT2D eigenvalue weighted by molar-refractivity contribution is 5.94. The van der Waals surface area contributed by atoms with Gasteiger partial charge in [0.2, 0.25) is 0 Å². The van der Waals surface area contributed by atoms with Crippen LogP contribution in [0.15, 0.2) is 47.3 Å². The minimum atomic E-state index is -0.241. The number of carbonyl (C=O) groups excluding carboxylic acids is 1. The largest absolute Gasteiger partial charge is 0.338 e. The molecule has 6 nitrogen and oxygen atoms in total. The number of nitrogens with zero attached hydrogens (tertiary/aromatic N) is 3. The molecule has 3 aromatic rings. The van der Waals surface area contributed by atoms with Crippen molar-refractivity contribution in [2.75, 3.05) is 13.1 Å². The van der Waals surface area contributed by atoms with E-state index in [1.807, 2.05) is 43.3 Å². The van der Waals surface area contributed by atoms with Crippen LogP contribution >= 0.6 is 0 Å². The Morgan fingerprint density at radius 1 is 1.07 bits per heavy atom. The van der Waals surface area contributed by atoms with E-state index >= 15 is 0 Å². The predicted octanol–water partition coefficient (Wildman–Crippen LogP) is 2.32. The molecule has 0 bridgehead atoms. The molecule has 1 aromatic carbocycles. The Hall–Kier alpha value is -3.15. The number of aryl methyl sites for hydroxylation is 1. The first-order chi connectivity index (χ1) is 13.1. The average molecular weight is 362 g/mol. The van der Waals surface area contributed by atoms with Gasteiger partial charge in [-0.05, 0) is 25.5 Å². The Labute approximate surface area is 157 Å². The highest BCUT2D eigenvalue weighted by Gasteiger charge is 2.25. The highest BCUT2D eigenvalue weighted by Crippen LogP contribution is 2.26. The molecule has 0 unspecified atom stereocenters. The van der Waals surface area contributed by atoms with Gasteiger partial charge < -0.3 is 9.47 Å². The number of carbonyl (C=O) groups is 1. The molecule has 2 aromatic heterocycles. The number of rotatable bonds is 2. The topological polar surface area (TPSA) is 71.0 Å². The van der Waals surface area contributed by atoms with E-state index < -0.39 is 0 Å². The third kappa shape index (κ3) is 3.07. The number of amides is 1. The van der Waals surface area contributed by atoms with Gasteiger partial charge in [-0.15, -0.1) is 0 Å². The first-order valence-electron chi connectivity index (χ1n) is 9.13. The van der Waals surface area contributed by atoms with Crippen molar-refractivity contribution in [3.05, 3.63) is 75.3 Å². The molecule has 0 radical (unpaired) electrons. The standard InChI is InChI=1S/C21H22N4O2/c1-14-8-9-17(20(26)24(14)2)21(27)25-12-10-16-18(11-13-25)22-23-19(16)15-6-4-3-5-7-15/h3-9H,10-13H2,1-2H3,(H,22,23). The summed E-state index contributed by atoms with van der Waals surface area (Å²) in [4.78, 5) is 27.2. The molecule has 0 spiro atoms. The van der Waals surface area contributed by atoms with E-state index in [1.54, 1.807) is 18.0 Å². The summed E-state index contributed by atoms with van der Waals surface area (Å²) in [6.07, 6.45) is 1.42. The average Bonchev–Trinajstić information content (AvgIpc) is 2.98. The fraction of sp³-hybridized carbons (Fsp3) is 0.286. The first-order valence-corrected chi connectivity index (χ1v) is 9.13. The smallest absolute Gasteiger partial charge is 0.263 e. The minimum absolute atomic E-state index is 0.199. The fourth-order valence-corrected chi connectivity index (χ4v) is 3.58. The zero-order valence-corrected chi connectivity index (χ0v) is 15.5. The molecule has 0 fully saturated rings. The van der Waals surface area contributed by atoms with Crippen LogP contribution in [0.5, 0.6) is 0 Å². The number of H-pyrrole nitrogens is 1. The zero-order chi connectivity index (χ0) is 19.0. The molecule has 0 atom stereocenters. The van der Waals surface area contributed by atoms with Crippen molar-refractivity contribution >= 4 is 5.91 Å². The number of pyridine rings is 1. The van der Waals surface area contributed by atoms with Crippen molar-refractivity contribution in [1.82, 2.24) is 19.7 Å². The lowest BCUT2D eigenvalue weighted by Crippen LogP contribution is -2.38. The van der Waals surface area contributed by atoms with Crippen LogP contribution in [0.2, 0.25) is 0 Å². The molecule has 1 aliphatic heterocycles. The summed E-state index contributed by atoms with van der Waals surface area (Å²) >= 11 is 0. The summed E-state index contributed by atoms with van der Waals surface area (Å²) in [6.45, 7) is 2.99. The zero-order valence-electron chi connectivity index (χ0n) is 15.5. The van der Waals surface area contributed by atoms with Crippen molar-refractivity contribution in [2.45, 2.75) is 19.8 Å². The van der Waals surface area contributed by atoms with E-state index in [9.17, 15) is 9.59 Å². The second-order valence-corrected chi connectivity index (χ2v) is 6.94. The van der Waals surface area contributed by atoms with Gasteiger partial charge in [-0.2, -0.15) is 5.10 Å². The summed E-state index contributed by atoms with van der Waals surface area (Å²) < 4.78 is 1.52. The van der Waals surface area contributed by atoms with Crippen molar-refractivity contribution in [3.8, 4) is 11.3 Å². The normalized spacial score (nSPS) is 13.9. The van der Waals surface area contributed by atoms with Crippen LogP contribution in [0.1, 0.15) is 27.3 Å². The van der Waals surface area contributed by atoms with Crippen molar-refractivity contribution in [3.63, 3.8) is 0 Å². The van der Waals surface area contributed by atoms with Gasteiger partial charge in [0.05, 0.1) is 5.69 Å².